The Kier molecular flexibility index (Phi) is 4.10. The van der Waals surface area contributed by atoms with Gasteiger partial charge in [-0.1, -0.05) is 24.3 Å². The lowest BCUT2D eigenvalue weighted by molar-refractivity contribution is -0.141. The van der Waals surface area contributed by atoms with E-state index in [2.05, 4.69) is 9.93 Å². The summed E-state index contributed by atoms with van der Waals surface area (Å²) in [5.74, 6) is 0. The molecule has 0 spiro atoms. The number of hydrogen-bond donors (Lipinski definition) is 1. The van der Waals surface area contributed by atoms with Crippen molar-refractivity contribution in [1.29, 1.82) is 0 Å². The van der Waals surface area contributed by atoms with Crippen molar-refractivity contribution in [2.75, 3.05) is 4.83 Å². The monoisotopic (exact) mass is 373 g/mol. The summed E-state index contributed by atoms with van der Waals surface area (Å²) in [4.78, 5) is 3.08. The van der Waals surface area contributed by atoms with E-state index in [0.717, 1.165) is 6.07 Å². The zero-order chi connectivity index (χ0) is 17.4. The molecule has 1 aromatic carbocycles. The van der Waals surface area contributed by atoms with Gasteiger partial charge in [-0.15, -0.1) is 16.4 Å². The first-order chi connectivity index (χ1) is 11.3. The Morgan fingerprint density at radius 2 is 1.79 bits per heavy atom. The molecule has 0 bridgehead atoms. The number of aromatic nitrogens is 2. The topological polar surface area (TPSA) is 64.0 Å². The summed E-state index contributed by atoms with van der Waals surface area (Å²) < 4.78 is 63.5. The number of thiophene rings is 1. The van der Waals surface area contributed by atoms with Crippen LogP contribution in [0.4, 0.5) is 13.2 Å². The molecule has 0 saturated carbocycles. The van der Waals surface area contributed by atoms with Gasteiger partial charge >= 0.3 is 6.18 Å². The van der Waals surface area contributed by atoms with E-state index in [1.54, 1.807) is 23.6 Å². The summed E-state index contributed by atoms with van der Waals surface area (Å²) >= 11 is 1.17. The predicted molar refractivity (Wildman–Crippen MR) is 83.5 cm³/mol. The van der Waals surface area contributed by atoms with Crippen LogP contribution in [0.2, 0.25) is 0 Å². The van der Waals surface area contributed by atoms with Gasteiger partial charge in [0.2, 0.25) is 0 Å². The number of nitrogens with one attached hydrogen (secondary N) is 1. The third-order valence-electron chi connectivity index (χ3n) is 3.03. The highest BCUT2D eigenvalue weighted by Crippen LogP contribution is 2.33. The van der Waals surface area contributed by atoms with Gasteiger partial charge < -0.3 is 0 Å². The van der Waals surface area contributed by atoms with Crippen LogP contribution >= 0.6 is 11.3 Å². The summed E-state index contributed by atoms with van der Waals surface area (Å²) in [6.07, 6.45) is -4.69. The van der Waals surface area contributed by atoms with Crippen molar-refractivity contribution in [3.05, 3.63) is 59.6 Å². The lowest BCUT2D eigenvalue weighted by atomic mass is 10.3. The van der Waals surface area contributed by atoms with Gasteiger partial charge in [-0.3, -0.25) is 0 Å². The van der Waals surface area contributed by atoms with Gasteiger partial charge in [-0.2, -0.15) is 31.2 Å². The Morgan fingerprint density at radius 3 is 2.38 bits per heavy atom. The summed E-state index contributed by atoms with van der Waals surface area (Å²) in [6, 6.07) is 11.4. The Hall–Kier alpha value is -2.33. The maximum Gasteiger partial charge on any atom is 0.435 e. The average molecular weight is 373 g/mol. The third-order valence-corrected chi connectivity index (χ3v) is 5.23. The Bertz CT molecular complexity index is 934. The first-order valence-electron chi connectivity index (χ1n) is 6.56. The number of sulfonamides is 1. The molecule has 126 valence electrons. The molecule has 0 aliphatic carbocycles. The average Bonchev–Trinajstić information content (AvgIpc) is 3.16. The fourth-order valence-electron chi connectivity index (χ4n) is 1.96. The van der Waals surface area contributed by atoms with Crippen LogP contribution in [0.25, 0.3) is 10.6 Å². The van der Waals surface area contributed by atoms with Crippen LogP contribution in [-0.2, 0) is 16.2 Å². The van der Waals surface area contributed by atoms with E-state index in [1.807, 2.05) is 0 Å². The molecule has 1 N–H and O–H groups in total. The van der Waals surface area contributed by atoms with Gasteiger partial charge in [0.15, 0.2) is 5.69 Å². The lowest BCUT2D eigenvalue weighted by Crippen LogP contribution is -2.25. The van der Waals surface area contributed by atoms with E-state index in [0.29, 0.717) is 9.67 Å². The maximum absolute atomic E-state index is 12.9. The molecule has 0 radical (unpaired) electrons. The minimum Gasteiger partial charge on any atom is -0.200 e. The van der Waals surface area contributed by atoms with Crippen molar-refractivity contribution in [1.82, 2.24) is 9.89 Å². The molecule has 3 rings (SSSR count). The maximum atomic E-state index is 12.9. The molecule has 0 unspecified atom stereocenters. The quantitative estimate of drug-likeness (QED) is 0.761. The highest BCUT2D eigenvalue weighted by atomic mass is 32.2. The van der Waals surface area contributed by atoms with E-state index >= 15 is 0 Å². The van der Waals surface area contributed by atoms with Crippen LogP contribution in [0.3, 0.4) is 0 Å². The molecule has 0 saturated heterocycles. The first-order valence-corrected chi connectivity index (χ1v) is 8.93. The number of halogens is 3. The molecule has 24 heavy (non-hydrogen) atoms. The zero-order valence-corrected chi connectivity index (χ0v) is 13.5. The second-order valence-electron chi connectivity index (χ2n) is 4.71. The van der Waals surface area contributed by atoms with Crippen molar-refractivity contribution < 1.29 is 21.6 Å². The predicted octanol–water partition coefficient (Wildman–Crippen LogP) is 3.56. The Morgan fingerprint density at radius 1 is 1.08 bits per heavy atom. The number of nitrogens with zero attached hydrogens (tertiary/aromatic N) is 2. The molecule has 0 atom stereocenters. The molecular formula is C14H10F3N3O2S2. The van der Waals surface area contributed by atoms with Crippen molar-refractivity contribution in [3.63, 3.8) is 0 Å². The smallest absolute Gasteiger partial charge is 0.200 e. The molecular weight excluding hydrogens is 363 g/mol. The van der Waals surface area contributed by atoms with Gasteiger partial charge in [-0.05, 0) is 29.6 Å². The molecule has 3 aromatic rings. The van der Waals surface area contributed by atoms with E-state index in [9.17, 15) is 21.6 Å². The molecule has 0 aliphatic heterocycles. The standard InChI is InChI=1S/C14H10F3N3O2S2/c15-14(16,17)13-9-11(12-7-4-8-23-12)20(18-13)19-24(21,22)10-5-2-1-3-6-10/h1-9,19H. The Labute approximate surface area is 139 Å². The van der Waals surface area contributed by atoms with Crippen molar-refractivity contribution in [2.24, 2.45) is 0 Å². The van der Waals surface area contributed by atoms with Gasteiger partial charge in [-0.25, -0.2) is 0 Å². The number of hydrogen-bond acceptors (Lipinski definition) is 4. The number of benzene rings is 1. The molecule has 0 amide bonds. The molecule has 2 aromatic heterocycles. The highest BCUT2D eigenvalue weighted by Gasteiger charge is 2.35. The largest absolute Gasteiger partial charge is 0.435 e. The SMILES string of the molecule is O=S(=O)(Nn1nc(C(F)(F)F)cc1-c1cccs1)c1ccccc1. The highest BCUT2D eigenvalue weighted by molar-refractivity contribution is 7.92. The van der Waals surface area contributed by atoms with Crippen molar-refractivity contribution in [3.8, 4) is 10.6 Å². The van der Waals surface area contributed by atoms with Gasteiger partial charge in [0.05, 0.1) is 9.77 Å². The third kappa shape index (κ3) is 3.29. The van der Waals surface area contributed by atoms with Crippen LogP contribution in [0.5, 0.6) is 0 Å². The van der Waals surface area contributed by atoms with Crippen LogP contribution in [0.1, 0.15) is 5.69 Å². The first kappa shape index (κ1) is 16.5. The van der Waals surface area contributed by atoms with Gasteiger partial charge in [0.25, 0.3) is 10.0 Å². The van der Waals surface area contributed by atoms with Gasteiger partial charge in [0.1, 0.15) is 5.69 Å². The molecule has 0 fully saturated rings. The van der Waals surface area contributed by atoms with Gasteiger partial charge in [0, 0.05) is 0 Å². The van der Waals surface area contributed by atoms with Crippen molar-refractivity contribution >= 4 is 21.4 Å². The molecule has 2 heterocycles. The van der Waals surface area contributed by atoms with Crippen LogP contribution in [-0.4, -0.2) is 18.3 Å². The summed E-state index contributed by atoms with van der Waals surface area (Å²) in [6.45, 7) is 0. The minimum atomic E-state index is -4.69. The van der Waals surface area contributed by atoms with E-state index < -0.39 is 21.9 Å². The Balaban J connectivity index is 2.06. The molecule has 0 aliphatic rings. The van der Waals surface area contributed by atoms with E-state index in [-0.39, 0.29) is 10.6 Å². The lowest BCUT2D eigenvalue weighted by Gasteiger charge is -2.10. The normalized spacial score (nSPS) is 12.3. The fourth-order valence-corrected chi connectivity index (χ4v) is 3.67. The van der Waals surface area contributed by atoms with Crippen LogP contribution in [0, 0.1) is 0 Å². The number of alkyl halides is 3. The van der Waals surface area contributed by atoms with E-state index in [4.69, 9.17) is 0 Å². The zero-order valence-electron chi connectivity index (χ0n) is 11.9. The van der Waals surface area contributed by atoms with Crippen LogP contribution in [0.15, 0.2) is 58.8 Å². The molecule has 5 nitrogen and oxygen atoms in total. The number of rotatable bonds is 4. The second-order valence-corrected chi connectivity index (χ2v) is 7.32. The minimum absolute atomic E-state index is 0.0110. The van der Waals surface area contributed by atoms with Crippen LogP contribution < -0.4 is 4.83 Å². The summed E-state index contributed by atoms with van der Waals surface area (Å²) in [5, 5.41) is 5.03. The van der Waals surface area contributed by atoms with E-state index in [1.165, 1.54) is 35.6 Å². The summed E-state index contributed by atoms with van der Waals surface area (Å²) in [7, 11) is -4.07. The summed E-state index contributed by atoms with van der Waals surface area (Å²) in [5.41, 5.74) is -1.17. The fraction of sp³-hybridized carbons (Fsp3) is 0.0714. The molecule has 10 heteroatoms. The van der Waals surface area contributed by atoms with Crippen molar-refractivity contribution in [2.45, 2.75) is 11.1 Å². The second kappa shape index (κ2) is 5.95.